The van der Waals surface area contributed by atoms with E-state index in [0.29, 0.717) is 11.7 Å². The van der Waals surface area contributed by atoms with Gasteiger partial charge in [0.1, 0.15) is 5.82 Å². The summed E-state index contributed by atoms with van der Waals surface area (Å²) in [5.41, 5.74) is 5.31. The second kappa shape index (κ2) is 7.80. The van der Waals surface area contributed by atoms with Gasteiger partial charge in [-0.1, -0.05) is 47.7 Å². The molecule has 0 radical (unpaired) electrons. The third-order valence-corrected chi connectivity index (χ3v) is 5.82. The van der Waals surface area contributed by atoms with Crippen molar-refractivity contribution in [2.45, 2.75) is 44.7 Å². The molecule has 0 aliphatic heterocycles. The fourth-order valence-electron chi connectivity index (χ4n) is 3.48. The summed E-state index contributed by atoms with van der Waals surface area (Å²) in [7, 11) is 0. The molecule has 6 heteroatoms. The average Bonchev–Trinajstić information content (AvgIpc) is 3.43. The summed E-state index contributed by atoms with van der Waals surface area (Å²) >= 11 is 1.43. The second-order valence-electron chi connectivity index (χ2n) is 7.40. The van der Waals surface area contributed by atoms with Crippen LogP contribution >= 0.6 is 11.8 Å². The highest BCUT2D eigenvalue weighted by molar-refractivity contribution is 7.99. The number of hydrogen-bond donors (Lipinski definition) is 1. The minimum Gasteiger partial charge on any atom is -0.325 e. The Labute approximate surface area is 169 Å². The molecule has 0 spiro atoms. The molecule has 28 heavy (non-hydrogen) atoms. The van der Waals surface area contributed by atoms with Crippen LogP contribution in [0.4, 0.5) is 5.69 Å². The van der Waals surface area contributed by atoms with E-state index in [2.05, 4.69) is 51.3 Å². The Hall–Kier alpha value is -2.60. The quantitative estimate of drug-likeness (QED) is 0.612. The minimum absolute atomic E-state index is 0.0318. The summed E-state index contributed by atoms with van der Waals surface area (Å²) in [5.74, 6) is 1.74. The number of hydrogen-bond acceptors (Lipinski definition) is 4. The van der Waals surface area contributed by atoms with Crippen molar-refractivity contribution < 1.29 is 4.79 Å². The molecular weight excluding hydrogens is 368 g/mol. The van der Waals surface area contributed by atoms with Crippen molar-refractivity contribution in [1.29, 1.82) is 0 Å². The number of benzene rings is 2. The van der Waals surface area contributed by atoms with Gasteiger partial charge in [0.25, 0.3) is 0 Å². The van der Waals surface area contributed by atoms with Crippen LogP contribution in [0, 0.1) is 20.8 Å². The molecule has 0 atom stereocenters. The van der Waals surface area contributed by atoms with Gasteiger partial charge in [-0.3, -0.25) is 9.36 Å². The molecular formula is C22H24N4OS. The molecule has 1 fully saturated rings. The van der Waals surface area contributed by atoms with Gasteiger partial charge >= 0.3 is 0 Å². The Morgan fingerprint density at radius 2 is 1.79 bits per heavy atom. The zero-order valence-electron chi connectivity index (χ0n) is 16.4. The van der Waals surface area contributed by atoms with E-state index in [1.54, 1.807) is 0 Å². The van der Waals surface area contributed by atoms with Crippen molar-refractivity contribution in [3.8, 4) is 5.69 Å². The topological polar surface area (TPSA) is 59.8 Å². The van der Waals surface area contributed by atoms with Crippen molar-refractivity contribution in [2.75, 3.05) is 11.1 Å². The lowest BCUT2D eigenvalue weighted by Crippen LogP contribution is -2.16. The first-order chi connectivity index (χ1) is 13.5. The highest BCUT2D eigenvalue weighted by atomic mass is 32.2. The van der Waals surface area contributed by atoms with Gasteiger partial charge in [-0.25, -0.2) is 0 Å². The van der Waals surface area contributed by atoms with Crippen molar-refractivity contribution in [2.24, 2.45) is 0 Å². The van der Waals surface area contributed by atoms with Gasteiger partial charge in [0.2, 0.25) is 5.91 Å². The van der Waals surface area contributed by atoms with Gasteiger partial charge in [0, 0.05) is 17.3 Å². The van der Waals surface area contributed by atoms with E-state index >= 15 is 0 Å². The van der Waals surface area contributed by atoms with Crippen LogP contribution in [0.3, 0.4) is 0 Å². The van der Waals surface area contributed by atoms with Crippen molar-refractivity contribution in [1.82, 2.24) is 14.8 Å². The van der Waals surface area contributed by atoms with E-state index in [4.69, 9.17) is 0 Å². The Morgan fingerprint density at radius 3 is 2.43 bits per heavy atom. The maximum absolute atomic E-state index is 12.6. The zero-order chi connectivity index (χ0) is 19.7. The smallest absolute Gasteiger partial charge is 0.234 e. The number of nitrogens with one attached hydrogen (secondary N) is 1. The van der Waals surface area contributed by atoms with Crippen LogP contribution in [0.15, 0.2) is 47.6 Å². The van der Waals surface area contributed by atoms with E-state index in [9.17, 15) is 4.79 Å². The average molecular weight is 393 g/mol. The van der Waals surface area contributed by atoms with Crippen molar-refractivity contribution in [3.05, 3.63) is 65.0 Å². The number of para-hydroxylation sites is 1. The number of carbonyl (C=O) groups is 1. The predicted molar refractivity (Wildman–Crippen MR) is 113 cm³/mol. The fourth-order valence-corrected chi connectivity index (χ4v) is 4.24. The Bertz CT molecular complexity index is 986. The third-order valence-electron chi connectivity index (χ3n) is 4.89. The number of thioether (sulfide) groups is 1. The number of aromatic nitrogens is 3. The molecule has 144 valence electrons. The van der Waals surface area contributed by atoms with E-state index in [-0.39, 0.29) is 5.91 Å². The van der Waals surface area contributed by atoms with Crippen LogP contribution in [0.2, 0.25) is 0 Å². The van der Waals surface area contributed by atoms with Crippen LogP contribution in [0.1, 0.15) is 41.3 Å². The normalized spacial score (nSPS) is 13.5. The second-order valence-corrected chi connectivity index (χ2v) is 8.34. The number of nitrogens with zero attached hydrogens (tertiary/aromatic N) is 3. The lowest BCUT2D eigenvalue weighted by Gasteiger charge is -2.13. The van der Waals surface area contributed by atoms with Gasteiger partial charge in [-0.15, -0.1) is 10.2 Å². The molecule has 0 bridgehead atoms. The lowest BCUT2D eigenvalue weighted by atomic mass is 10.1. The molecule has 1 amide bonds. The monoisotopic (exact) mass is 392 g/mol. The van der Waals surface area contributed by atoms with Crippen LogP contribution in [-0.2, 0) is 4.79 Å². The number of aryl methyl sites for hydroxylation is 3. The third kappa shape index (κ3) is 3.97. The molecule has 1 aliphatic carbocycles. The van der Waals surface area contributed by atoms with Gasteiger partial charge < -0.3 is 5.32 Å². The summed E-state index contributed by atoms with van der Waals surface area (Å²) in [6.45, 7) is 6.11. The number of carbonyl (C=O) groups excluding carboxylic acids is 1. The largest absolute Gasteiger partial charge is 0.325 e. The molecule has 4 rings (SSSR count). The SMILES string of the molecule is Cc1cc(C)c(NC(=O)CSc2nnc(C3CC3)n2-c2ccccc2)c(C)c1. The van der Waals surface area contributed by atoms with Crippen LogP contribution in [0.25, 0.3) is 5.69 Å². The summed E-state index contributed by atoms with van der Waals surface area (Å²) in [5, 5.41) is 12.6. The van der Waals surface area contributed by atoms with Crippen LogP contribution in [-0.4, -0.2) is 26.4 Å². The Kier molecular flexibility index (Phi) is 5.22. The van der Waals surface area contributed by atoms with E-state index in [1.165, 1.54) is 17.3 Å². The molecule has 5 nitrogen and oxygen atoms in total. The summed E-state index contributed by atoms with van der Waals surface area (Å²) in [6.07, 6.45) is 2.31. The summed E-state index contributed by atoms with van der Waals surface area (Å²) in [6, 6.07) is 14.3. The molecule has 2 aromatic carbocycles. The molecule has 3 aromatic rings. The minimum atomic E-state index is -0.0318. The summed E-state index contributed by atoms with van der Waals surface area (Å²) < 4.78 is 2.10. The highest BCUT2D eigenvalue weighted by Crippen LogP contribution is 2.41. The summed E-state index contributed by atoms with van der Waals surface area (Å²) in [4.78, 5) is 12.6. The van der Waals surface area contributed by atoms with Gasteiger partial charge in [0.15, 0.2) is 5.16 Å². The molecule has 1 aliphatic rings. The van der Waals surface area contributed by atoms with Gasteiger partial charge in [0.05, 0.1) is 5.75 Å². The first kappa shape index (κ1) is 18.7. The maximum atomic E-state index is 12.6. The number of amides is 1. The first-order valence-corrected chi connectivity index (χ1v) is 10.5. The number of anilines is 1. The first-order valence-electron chi connectivity index (χ1n) is 9.54. The van der Waals surface area contributed by atoms with Gasteiger partial charge in [-0.05, 0) is 56.9 Å². The predicted octanol–water partition coefficient (Wildman–Crippen LogP) is 4.80. The van der Waals surface area contributed by atoms with Crippen LogP contribution in [0.5, 0.6) is 0 Å². The number of rotatable bonds is 6. The van der Waals surface area contributed by atoms with Crippen molar-refractivity contribution >= 4 is 23.4 Å². The molecule has 1 saturated carbocycles. The van der Waals surface area contributed by atoms with Crippen molar-refractivity contribution in [3.63, 3.8) is 0 Å². The van der Waals surface area contributed by atoms with E-state index in [0.717, 1.165) is 46.3 Å². The Morgan fingerprint density at radius 1 is 1.11 bits per heavy atom. The molecule has 1 heterocycles. The molecule has 0 unspecified atom stereocenters. The standard InChI is InChI=1S/C22H24N4OS/c1-14-11-15(2)20(16(3)12-14)23-19(27)13-28-22-25-24-21(17-9-10-17)26(22)18-7-5-4-6-8-18/h4-8,11-12,17H,9-10,13H2,1-3H3,(H,23,27). The Balaban J connectivity index is 1.50. The maximum Gasteiger partial charge on any atom is 0.234 e. The molecule has 0 saturated heterocycles. The highest BCUT2D eigenvalue weighted by Gasteiger charge is 2.31. The zero-order valence-corrected chi connectivity index (χ0v) is 17.2. The lowest BCUT2D eigenvalue weighted by molar-refractivity contribution is -0.113. The van der Waals surface area contributed by atoms with Crippen LogP contribution < -0.4 is 5.32 Å². The van der Waals surface area contributed by atoms with E-state index < -0.39 is 0 Å². The molecule has 1 aromatic heterocycles. The van der Waals surface area contributed by atoms with Gasteiger partial charge in [-0.2, -0.15) is 0 Å². The fraction of sp³-hybridized carbons (Fsp3) is 0.318. The molecule has 1 N–H and O–H groups in total. The van der Waals surface area contributed by atoms with E-state index in [1.807, 2.05) is 32.0 Å².